The molecule has 0 spiro atoms. The summed E-state index contributed by atoms with van der Waals surface area (Å²) in [6.07, 6.45) is 0. The first-order valence-corrected chi connectivity index (χ1v) is 10.2. The van der Waals surface area contributed by atoms with Gasteiger partial charge in [-0.3, -0.25) is 0 Å². The smallest absolute Gasteiger partial charge is 0.244 e. The van der Waals surface area contributed by atoms with E-state index >= 15 is 0 Å². The molecule has 0 atom stereocenters. The topological polar surface area (TPSA) is 0 Å². The molecule has 1 aromatic carbocycles. The molecule has 0 amide bonds. The Balaban J connectivity index is 3.73. The molecule has 0 saturated heterocycles. The summed E-state index contributed by atoms with van der Waals surface area (Å²) in [6.45, 7) is -2.85. The number of rotatable bonds is 12. The quantitative estimate of drug-likeness (QED) is 0.160. The Kier molecular flexibility index (Phi) is 8.89. The van der Waals surface area contributed by atoms with Gasteiger partial charge in [-0.05, 0) is 30.8 Å². The molecule has 0 saturated carbocycles. The van der Waals surface area contributed by atoms with Crippen molar-refractivity contribution in [3.63, 3.8) is 0 Å². The summed E-state index contributed by atoms with van der Waals surface area (Å²) in [5.41, 5.74) is 0.186. The van der Waals surface area contributed by atoms with E-state index in [9.17, 15) is 92.2 Å². The van der Waals surface area contributed by atoms with Crippen molar-refractivity contribution in [2.45, 2.75) is 70.4 Å². The molecule has 0 unspecified atom stereocenters. The Morgan fingerprint density at radius 3 is 1.02 bits per heavy atom. The van der Waals surface area contributed by atoms with Crippen LogP contribution in [0.4, 0.5) is 92.2 Å². The molecule has 1 aromatic rings. The number of alkyl halides is 21. The summed E-state index contributed by atoms with van der Waals surface area (Å²) in [5.74, 6) is -76.7. The maximum absolute atomic E-state index is 13.9. The molecule has 0 N–H and O–H groups in total. The van der Waals surface area contributed by atoms with E-state index in [1.807, 2.05) is 0 Å². The third-order valence-electron chi connectivity index (χ3n) is 5.02. The third kappa shape index (κ3) is 4.72. The minimum atomic E-state index is -9.12. The van der Waals surface area contributed by atoms with E-state index in [4.69, 9.17) is 0 Å². The van der Waals surface area contributed by atoms with Crippen molar-refractivity contribution in [3.05, 3.63) is 29.8 Å². The summed E-state index contributed by atoms with van der Waals surface area (Å²) < 4.78 is 284. The first-order valence-electron chi connectivity index (χ1n) is 9.38. The molecule has 0 aliphatic heterocycles. The van der Waals surface area contributed by atoms with E-state index < -0.39 is 81.9 Å². The van der Waals surface area contributed by atoms with Gasteiger partial charge in [-0.25, -0.2) is 4.39 Å². The molecule has 40 heavy (non-hydrogen) atoms. The van der Waals surface area contributed by atoms with E-state index in [0.717, 1.165) is 12.1 Å². The predicted octanol–water partition coefficient (Wildman–Crippen LogP) is 9.37. The van der Waals surface area contributed by atoms with Crippen LogP contribution in [0.2, 0.25) is 0 Å². The van der Waals surface area contributed by atoms with Gasteiger partial charge in [-0.1, -0.05) is 17.7 Å². The first-order chi connectivity index (χ1) is 17.3. The molecule has 0 radical (unpaired) electrons. The van der Waals surface area contributed by atoms with E-state index in [1.54, 1.807) is 0 Å². The van der Waals surface area contributed by atoms with Crippen LogP contribution in [0.1, 0.15) is 5.56 Å². The van der Waals surface area contributed by atoms with Gasteiger partial charge in [0.25, 0.3) is 0 Å². The van der Waals surface area contributed by atoms with Gasteiger partial charge in [0.1, 0.15) is 0 Å². The van der Waals surface area contributed by atoms with E-state index in [0.29, 0.717) is 12.1 Å². The van der Waals surface area contributed by atoms with Gasteiger partial charge >= 0.3 is 58.6 Å². The van der Waals surface area contributed by atoms with Crippen LogP contribution < -0.4 is 0 Å². The zero-order valence-corrected chi connectivity index (χ0v) is 19.2. The second-order valence-electron chi connectivity index (χ2n) is 7.87. The van der Waals surface area contributed by atoms with Crippen LogP contribution in [-0.2, 0) is 0 Å². The number of thioether (sulfide) groups is 1. The zero-order valence-electron chi connectivity index (χ0n) is 18.4. The molecule has 22 heteroatoms. The molecule has 0 aromatic heterocycles. The second-order valence-corrected chi connectivity index (χ2v) is 9.05. The number of hydrogen-bond donors (Lipinski definition) is 0. The number of aryl methyl sites for hydroxylation is 1. The van der Waals surface area contributed by atoms with Gasteiger partial charge in [0.15, 0.2) is 6.67 Å². The standard InChI is InChI=1S/C18H9F21S/c1-7-2-4-8(5-3-7)40-18(38,39)17(36,37)16(34,35)15(32,33)14(30,31)13(28,29)12(26,27)11(24,25)10(22,23)9(20,21)6-19/h2-5H,6H2,1H3. The van der Waals surface area contributed by atoms with E-state index in [2.05, 4.69) is 0 Å². The van der Waals surface area contributed by atoms with Gasteiger partial charge in [-0.15, -0.1) is 0 Å². The molecule has 0 aliphatic rings. The zero-order chi connectivity index (χ0) is 32.4. The van der Waals surface area contributed by atoms with Crippen molar-refractivity contribution in [2.24, 2.45) is 0 Å². The minimum Gasteiger partial charge on any atom is -0.244 e. The highest BCUT2D eigenvalue weighted by atomic mass is 32.2. The molecule has 1 rings (SSSR count). The van der Waals surface area contributed by atoms with Crippen LogP contribution in [-0.4, -0.2) is 65.2 Å². The van der Waals surface area contributed by atoms with E-state index in [-0.39, 0.29) is 5.56 Å². The van der Waals surface area contributed by atoms with Crippen molar-refractivity contribution >= 4 is 11.8 Å². The maximum atomic E-state index is 13.9. The van der Waals surface area contributed by atoms with Crippen LogP contribution in [0, 0.1) is 6.92 Å². The summed E-state index contributed by atoms with van der Waals surface area (Å²) >= 11 is -1.77. The minimum absolute atomic E-state index is 0.186. The summed E-state index contributed by atoms with van der Waals surface area (Å²) in [7, 11) is 0. The van der Waals surface area contributed by atoms with Crippen LogP contribution in [0.25, 0.3) is 0 Å². The largest absolute Gasteiger partial charge is 0.388 e. The highest BCUT2D eigenvalue weighted by molar-refractivity contribution is 8.00. The molecule has 0 nitrogen and oxygen atoms in total. The Morgan fingerprint density at radius 1 is 0.450 bits per heavy atom. The lowest BCUT2D eigenvalue weighted by Gasteiger charge is -2.44. The predicted molar refractivity (Wildman–Crippen MR) is 92.5 cm³/mol. The molecule has 0 aliphatic carbocycles. The highest BCUT2D eigenvalue weighted by Gasteiger charge is 2.97. The summed E-state index contributed by atoms with van der Waals surface area (Å²) in [4.78, 5) is -1.19. The summed E-state index contributed by atoms with van der Waals surface area (Å²) in [6, 6.07) is 2.53. The monoisotopic (exact) mass is 656 g/mol. The molecule has 0 bridgehead atoms. The average Bonchev–Trinajstić information content (AvgIpc) is 2.79. The molecule has 0 fully saturated rings. The number of hydrogen-bond acceptors (Lipinski definition) is 1. The molecular formula is C18H9F21S. The summed E-state index contributed by atoms with van der Waals surface area (Å²) in [5, 5.41) is -6.71. The highest BCUT2D eigenvalue weighted by Crippen LogP contribution is 2.67. The van der Waals surface area contributed by atoms with Crippen LogP contribution >= 0.6 is 11.8 Å². The van der Waals surface area contributed by atoms with E-state index in [1.165, 1.54) is 6.92 Å². The lowest BCUT2D eigenvalue weighted by molar-refractivity contribution is -0.466. The Labute approximate surface area is 211 Å². The lowest BCUT2D eigenvalue weighted by Crippen LogP contribution is -2.77. The maximum Gasteiger partial charge on any atom is 0.388 e. The average molecular weight is 656 g/mol. The van der Waals surface area contributed by atoms with Gasteiger partial charge in [-0.2, -0.15) is 87.8 Å². The number of benzene rings is 1. The Morgan fingerprint density at radius 2 is 0.725 bits per heavy atom. The fourth-order valence-electron chi connectivity index (χ4n) is 2.50. The molecule has 0 heterocycles. The van der Waals surface area contributed by atoms with Crippen LogP contribution in [0.5, 0.6) is 0 Å². The van der Waals surface area contributed by atoms with Gasteiger partial charge in [0, 0.05) is 4.90 Å². The van der Waals surface area contributed by atoms with Crippen molar-refractivity contribution < 1.29 is 92.2 Å². The number of halogens is 21. The van der Waals surface area contributed by atoms with Crippen LogP contribution in [0.15, 0.2) is 29.2 Å². The van der Waals surface area contributed by atoms with Crippen molar-refractivity contribution in [1.82, 2.24) is 0 Å². The second kappa shape index (κ2) is 9.84. The van der Waals surface area contributed by atoms with Crippen molar-refractivity contribution in [2.75, 3.05) is 6.67 Å². The van der Waals surface area contributed by atoms with Crippen molar-refractivity contribution in [3.8, 4) is 0 Å². The molecular weight excluding hydrogens is 647 g/mol. The fourth-order valence-corrected chi connectivity index (χ4v) is 3.32. The lowest BCUT2D eigenvalue weighted by atomic mass is 9.86. The Hall–Kier alpha value is -1.90. The molecule has 234 valence electrons. The Bertz CT molecular complexity index is 1040. The van der Waals surface area contributed by atoms with Gasteiger partial charge in [0.05, 0.1) is 0 Å². The third-order valence-corrected chi connectivity index (χ3v) is 6.04. The first kappa shape index (κ1) is 36.1. The van der Waals surface area contributed by atoms with Gasteiger partial charge < -0.3 is 0 Å². The fraction of sp³-hybridized carbons (Fsp3) is 0.667. The van der Waals surface area contributed by atoms with Gasteiger partial charge in [0.2, 0.25) is 0 Å². The SMILES string of the molecule is Cc1ccc(SC(F)(F)C(F)(F)C(F)(F)C(F)(F)C(F)(F)C(F)(F)C(F)(F)C(F)(F)C(F)(F)C(F)(F)CF)cc1. The van der Waals surface area contributed by atoms with Crippen LogP contribution in [0.3, 0.4) is 0 Å². The van der Waals surface area contributed by atoms with Crippen molar-refractivity contribution in [1.29, 1.82) is 0 Å². The normalized spacial score (nSPS) is 15.9.